The van der Waals surface area contributed by atoms with Crippen molar-refractivity contribution in [2.75, 3.05) is 19.8 Å². The molecule has 0 aliphatic carbocycles. The molecule has 0 aromatic carbocycles. The van der Waals surface area contributed by atoms with Gasteiger partial charge in [-0.1, -0.05) is 171 Å². The summed E-state index contributed by atoms with van der Waals surface area (Å²) in [6, 6.07) is 0. The lowest BCUT2D eigenvalue weighted by Crippen LogP contribution is -2.59. The predicted molar refractivity (Wildman–Crippen MR) is 210 cm³/mol. The Kier molecular flexibility index (Phi) is 31.0. The third-order valence-electron chi connectivity index (χ3n) is 9.11. The highest BCUT2D eigenvalue weighted by atomic mass is 16.7. The number of allylic oxidation sites excluding steroid dienone is 9. The van der Waals surface area contributed by atoms with E-state index >= 15 is 0 Å². The first-order chi connectivity index (χ1) is 25.8. The van der Waals surface area contributed by atoms with Crippen LogP contribution in [-0.4, -0.2) is 89.0 Å². The number of aliphatic hydroxyl groups is 4. The van der Waals surface area contributed by atoms with Crippen LogP contribution < -0.4 is 0 Å². The molecule has 0 radical (unpaired) electrons. The zero-order chi connectivity index (χ0) is 38.8. The molecule has 1 heterocycles. The highest BCUT2D eigenvalue weighted by molar-refractivity contribution is 5.82. The molecule has 0 aromatic rings. The average Bonchev–Trinajstić information content (AvgIpc) is 3.15. The minimum atomic E-state index is -1.62. The van der Waals surface area contributed by atoms with Gasteiger partial charge in [0.2, 0.25) is 0 Å². The van der Waals surface area contributed by atoms with E-state index < -0.39 is 55.4 Å². The molecule has 53 heavy (non-hydrogen) atoms. The van der Waals surface area contributed by atoms with Crippen LogP contribution in [0.25, 0.3) is 0 Å². The van der Waals surface area contributed by atoms with Crippen molar-refractivity contribution in [3.63, 3.8) is 0 Å². The summed E-state index contributed by atoms with van der Waals surface area (Å²) in [6.07, 6.45) is 33.0. The number of ether oxygens (including phenoxy) is 4. The van der Waals surface area contributed by atoms with Crippen molar-refractivity contribution in [3.05, 3.63) is 60.8 Å². The number of carbonyl (C=O) groups excluding carboxylic acids is 2. The summed E-state index contributed by atoms with van der Waals surface area (Å²) in [5.41, 5.74) is 0. The minimum Gasteiger partial charge on any atom is -0.462 e. The Labute approximate surface area is 320 Å². The predicted octanol–water partition coefficient (Wildman–Crippen LogP) is 7.88. The second-order valence-corrected chi connectivity index (χ2v) is 13.9. The first-order valence-corrected chi connectivity index (χ1v) is 20.5. The minimum absolute atomic E-state index is 0.244. The molecule has 0 unspecified atom stereocenters. The van der Waals surface area contributed by atoms with Gasteiger partial charge >= 0.3 is 11.9 Å². The normalized spacial score (nSPS) is 21.5. The molecule has 0 bridgehead atoms. The highest BCUT2D eigenvalue weighted by Crippen LogP contribution is 2.22. The molecule has 0 saturated carbocycles. The second kappa shape index (κ2) is 33.9. The molecule has 0 spiro atoms. The molecule has 10 nitrogen and oxygen atoms in total. The molecular weight excluding hydrogens is 676 g/mol. The maximum Gasteiger partial charge on any atom is 0.331 e. The molecule has 1 aliphatic rings. The smallest absolute Gasteiger partial charge is 0.331 e. The van der Waals surface area contributed by atoms with Crippen molar-refractivity contribution < 1.29 is 49.0 Å². The van der Waals surface area contributed by atoms with E-state index in [1.165, 1.54) is 102 Å². The molecule has 10 heteroatoms. The van der Waals surface area contributed by atoms with E-state index in [0.717, 1.165) is 25.7 Å². The van der Waals surface area contributed by atoms with E-state index in [0.29, 0.717) is 6.42 Å². The van der Waals surface area contributed by atoms with Gasteiger partial charge in [0.25, 0.3) is 0 Å². The number of esters is 2. The maximum atomic E-state index is 12.6. The summed E-state index contributed by atoms with van der Waals surface area (Å²) in [5.74, 6) is -1.12. The second-order valence-electron chi connectivity index (χ2n) is 13.9. The van der Waals surface area contributed by atoms with Gasteiger partial charge in [0.15, 0.2) is 12.4 Å². The Morgan fingerprint density at radius 2 is 1.13 bits per heavy atom. The Bertz CT molecular complexity index is 1050. The molecule has 1 fully saturated rings. The van der Waals surface area contributed by atoms with Gasteiger partial charge in [0.05, 0.1) is 13.2 Å². The van der Waals surface area contributed by atoms with Crippen molar-refractivity contribution in [2.45, 2.75) is 179 Å². The molecule has 4 N–H and O–H groups in total. The third-order valence-corrected chi connectivity index (χ3v) is 9.11. The Hall–Kier alpha value is -2.60. The van der Waals surface area contributed by atoms with Crippen molar-refractivity contribution >= 4 is 11.9 Å². The summed E-state index contributed by atoms with van der Waals surface area (Å²) in [5, 5.41) is 39.9. The van der Waals surface area contributed by atoms with Crippen LogP contribution in [-0.2, 0) is 28.5 Å². The lowest BCUT2D eigenvalue weighted by molar-refractivity contribution is -0.305. The fraction of sp³-hybridized carbons (Fsp3) is 0.721. The van der Waals surface area contributed by atoms with Gasteiger partial charge in [-0.05, 0) is 19.3 Å². The van der Waals surface area contributed by atoms with Crippen LogP contribution >= 0.6 is 0 Å². The number of hydrogen-bond acceptors (Lipinski definition) is 10. The van der Waals surface area contributed by atoms with Gasteiger partial charge in [-0.3, -0.25) is 4.79 Å². The first kappa shape index (κ1) is 48.4. The standard InChI is InChI=1S/C43H72O10/c1-3-5-7-9-11-13-15-16-17-18-19-20-22-24-26-28-30-32-39(46)52-36(35-51-43-42(49)41(48)40(47)37(33-44)53-43)34-50-38(45)31-29-27-25-23-21-14-12-10-8-6-4-2/h17-20,22,24,26,28,30,32,36-37,40-44,47-49H,3-16,21,23,25,27,29,31,33-35H2,1-2H3/b18-17+,20-19+,24-22+,28-26+,32-30+/t36-,37+,40-,41-,42+,43+/m0/s1. The summed E-state index contributed by atoms with van der Waals surface area (Å²) in [7, 11) is 0. The Morgan fingerprint density at radius 3 is 1.70 bits per heavy atom. The average molecular weight is 749 g/mol. The lowest BCUT2D eigenvalue weighted by Gasteiger charge is -2.39. The monoisotopic (exact) mass is 749 g/mol. The van der Waals surface area contributed by atoms with E-state index in [-0.39, 0.29) is 19.6 Å². The van der Waals surface area contributed by atoms with Crippen molar-refractivity contribution in [2.24, 2.45) is 0 Å². The van der Waals surface area contributed by atoms with E-state index in [2.05, 4.69) is 26.0 Å². The van der Waals surface area contributed by atoms with Crippen LogP contribution in [0.4, 0.5) is 0 Å². The summed E-state index contributed by atoms with van der Waals surface area (Å²) in [6.45, 7) is 3.22. The SMILES string of the molecule is CCCCCCCCC/C=C/C=C/C=C/C=C/C=C/C(=O)O[C@@H](COC(=O)CCCCCCCCCCCCC)CO[C@@H]1O[C@H](CO)[C@H](O)[C@H](O)[C@H]1O. The fourth-order valence-electron chi connectivity index (χ4n) is 5.83. The van der Waals surface area contributed by atoms with E-state index in [9.17, 15) is 30.0 Å². The number of aliphatic hydroxyl groups excluding tert-OH is 4. The van der Waals surface area contributed by atoms with Crippen LogP contribution in [0.15, 0.2) is 60.8 Å². The largest absolute Gasteiger partial charge is 0.462 e. The Balaban J connectivity index is 2.50. The van der Waals surface area contributed by atoms with Gasteiger partial charge in [0, 0.05) is 12.5 Å². The van der Waals surface area contributed by atoms with E-state index in [1.54, 1.807) is 12.2 Å². The zero-order valence-corrected chi connectivity index (χ0v) is 32.7. The van der Waals surface area contributed by atoms with Crippen LogP contribution in [0, 0.1) is 0 Å². The molecule has 1 saturated heterocycles. The Morgan fingerprint density at radius 1 is 0.623 bits per heavy atom. The van der Waals surface area contributed by atoms with Crippen LogP contribution in [0.2, 0.25) is 0 Å². The summed E-state index contributed by atoms with van der Waals surface area (Å²) >= 11 is 0. The van der Waals surface area contributed by atoms with Crippen LogP contribution in [0.5, 0.6) is 0 Å². The summed E-state index contributed by atoms with van der Waals surface area (Å²) < 4.78 is 21.8. The van der Waals surface area contributed by atoms with E-state index in [4.69, 9.17) is 18.9 Å². The molecule has 6 atom stereocenters. The first-order valence-electron chi connectivity index (χ1n) is 20.5. The topological polar surface area (TPSA) is 152 Å². The zero-order valence-electron chi connectivity index (χ0n) is 32.7. The van der Waals surface area contributed by atoms with Crippen LogP contribution in [0.1, 0.15) is 142 Å². The molecule has 304 valence electrons. The molecule has 0 aromatic heterocycles. The quantitative estimate of drug-likeness (QED) is 0.0231. The number of rotatable bonds is 32. The number of unbranched alkanes of at least 4 members (excludes halogenated alkanes) is 17. The molecule has 1 rings (SSSR count). The molecule has 0 amide bonds. The van der Waals surface area contributed by atoms with Gasteiger partial charge < -0.3 is 39.4 Å². The molecule has 1 aliphatic heterocycles. The van der Waals surface area contributed by atoms with Crippen LogP contribution in [0.3, 0.4) is 0 Å². The van der Waals surface area contributed by atoms with Crippen molar-refractivity contribution in [1.29, 1.82) is 0 Å². The van der Waals surface area contributed by atoms with Gasteiger partial charge in [-0.2, -0.15) is 0 Å². The summed E-state index contributed by atoms with van der Waals surface area (Å²) in [4.78, 5) is 25.1. The number of hydrogen-bond donors (Lipinski definition) is 4. The van der Waals surface area contributed by atoms with Crippen molar-refractivity contribution in [3.8, 4) is 0 Å². The van der Waals surface area contributed by atoms with Gasteiger partial charge in [-0.15, -0.1) is 0 Å². The highest BCUT2D eigenvalue weighted by Gasteiger charge is 2.44. The van der Waals surface area contributed by atoms with E-state index in [1.807, 2.05) is 24.3 Å². The fourth-order valence-corrected chi connectivity index (χ4v) is 5.83. The van der Waals surface area contributed by atoms with Gasteiger partial charge in [0.1, 0.15) is 31.0 Å². The van der Waals surface area contributed by atoms with Crippen molar-refractivity contribution in [1.82, 2.24) is 0 Å². The molecular formula is C43H72O10. The number of carbonyl (C=O) groups is 2. The maximum absolute atomic E-state index is 12.6. The third kappa shape index (κ3) is 25.9. The lowest BCUT2D eigenvalue weighted by atomic mass is 9.99. The van der Waals surface area contributed by atoms with Gasteiger partial charge in [-0.25, -0.2) is 4.79 Å².